The van der Waals surface area contributed by atoms with E-state index in [0.29, 0.717) is 32.7 Å². The molecule has 1 N–H and O–H groups in total. The number of hydrogen-bond donors (Lipinski definition) is 1. The van der Waals surface area contributed by atoms with Gasteiger partial charge in [0.2, 0.25) is 11.8 Å². The molecule has 0 aromatic heterocycles. The van der Waals surface area contributed by atoms with Crippen molar-refractivity contribution in [3.05, 3.63) is 94.8 Å². The molecular weight excluding hydrogens is 517 g/mol. The Labute approximate surface area is 222 Å². The van der Waals surface area contributed by atoms with Crippen LogP contribution in [0.5, 0.6) is 0 Å². The molecule has 1 atom stereocenters. The number of aliphatic imine (C=N–C) groups is 1. The number of ether oxygens (including phenoxy) is 1. The average Bonchev–Trinajstić information content (AvgIpc) is 2.89. The van der Waals surface area contributed by atoms with Gasteiger partial charge in [-0.15, -0.1) is 0 Å². The van der Waals surface area contributed by atoms with Gasteiger partial charge < -0.3 is 10.1 Å². The van der Waals surface area contributed by atoms with E-state index in [2.05, 4.69) is 10.3 Å². The number of benzene rings is 3. The van der Waals surface area contributed by atoms with Crippen molar-refractivity contribution in [1.82, 2.24) is 4.90 Å². The zero-order valence-corrected chi connectivity index (χ0v) is 21.4. The predicted molar refractivity (Wildman–Crippen MR) is 143 cm³/mol. The maximum atomic E-state index is 13.4. The van der Waals surface area contributed by atoms with Gasteiger partial charge in [-0.3, -0.25) is 14.5 Å². The summed E-state index contributed by atoms with van der Waals surface area (Å²) >= 11 is 7.08. The second-order valence-corrected chi connectivity index (χ2v) is 9.68. The van der Waals surface area contributed by atoms with Crippen LogP contribution in [0.1, 0.15) is 29.3 Å². The first-order chi connectivity index (χ1) is 17.8. The van der Waals surface area contributed by atoms with Crippen LogP contribution >= 0.6 is 23.4 Å². The summed E-state index contributed by atoms with van der Waals surface area (Å²) in [5.74, 6) is -1.45. The highest BCUT2D eigenvalue weighted by Gasteiger charge is 2.36. The van der Waals surface area contributed by atoms with Crippen molar-refractivity contribution in [1.29, 1.82) is 0 Å². The zero-order chi connectivity index (χ0) is 26.4. The van der Waals surface area contributed by atoms with E-state index in [1.54, 1.807) is 67.6 Å². The first-order valence-electron chi connectivity index (χ1n) is 11.5. The number of amidine groups is 1. The van der Waals surface area contributed by atoms with Crippen LogP contribution < -0.4 is 5.32 Å². The van der Waals surface area contributed by atoms with E-state index in [-0.39, 0.29) is 37.2 Å². The zero-order valence-electron chi connectivity index (χ0n) is 19.8. The molecule has 1 aliphatic rings. The fourth-order valence-corrected chi connectivity index (χ4v) is 4.75. The molecule has 1 unspecified atom stereocenters. The normalized spacial score (nSPS) is 16.5. The second-order valence-electron chi connectivity index (χ2n) is 8.07. The van der Waals surface area contributed by atoms with Gasteiger partial charge in [0.1, 0.15) is 11.1 Å². The van der Waals surface area contributed by atoms with Crippen molar-refractivity contribution in [2.45, 2.75) is 25.1 Å². The van der Waals surface area contributed by atoms with Crippen molar-refractivity contribution in [2.24, 2.45) is 4.99 Å². The summed E-state index contributed by atoms with van der Waals surface area (Å²) < 4.78 is 18.4. The molecule has 37 heavy (non-hydrogen) atoms. The van der Waals surface area contributed by atoms with Gasteiger partial charge in [0.05, 0.1) is 24.4 Å². The van der Waals surface area contributed by atoms with Crippen LogP contribution in [0.15, 0.2) is 77.8 Å². The number of carbonyl (C=O) groups is 3. The molecule has 0 radical (unpaired) electrons. The molecule has 1 fully saturated rings. The smallest absolute Gasteiger partial charge is 0.338 e. The van der Waals surface area contributed by atoms with E-state index in [9.17, 15) is 18.8 Å². The van der Waals surface area contributed by atoms with E-state index in [1.165, 1.54) is 17.0 Å². The first-order valence-corrected chi connectivity index (χ1v) is 12.7. The third kappa shape index (κ3) is 6.96. The van der Waals surface area contributed by atoms with Crippen molar-refractivity contribution in [2.75, 3.05) is 11.9 Å². The summed E-state index contributed by atoms with van der Waals surface area (Å²) in [5, 5.41) is 2.95. The Bertz CT molecular complexity index is 1310. The van der Waals surface area contributed by atoms with Crippen LogP contribution in [0.25, 0.3) is 0 Å². The van der Waals surface area contributed by atoms with Crippen molar-refractivity contribution in [3.8, 4) is 0 Å². The van der Waals surface area contributed by atoms with Gasteiger partial charge in [0, 0.05) is 17.1 Å². The Morgan fingerprint density at radius 3 is 2.41 bits per heavy atom. The fraction of sp³-hybridized carbons (Fsp3) is 0.185. The number of amides is 2. The number of nitrogens with one attached hydrogen (secondary N) is 1. The third-order valence-corrected chi connectivity index (χ3v) is 6.84. The summed E-state index contributed by atoms with van der Waals surface area (Å²) in [6.45, 7) is 2.15. The fourth-order valence-electron chi connectivity index (χ4n) is 3.52. The molecule has 1 heterocycles. The molecule has 3 aromatic rings. The van der Waals surface area contributed by atoms with Gasteiger partial charge in [-0.1, -0.05) is 35.5 Å². The molecule has 0 saturated carbocycles. The Kier molecular flexibility index (Phi) is 8.58. The summed E-state index contributed by atoms with van der Waals surface area (Å²) in [6, 6.07) is 19.0. The van der Waals surface area contributed by atoms with Gasteiger partial charge in [0.25, 0.3) is 0 Å². The average molecular weight is 540 g/mol. The Morgan fingerprint density at radius 1 is 1.08 bits per heavy atom. The maximum absolute atomic E-state index is 13.4. The van der Waals surface area contributed by atoms with Crippen LogP contribution in [-0.2, 0) is 20.9 Å². The largest absolute Gasteiger partial charge is 0.462 e. The van der Waals surface area contributed by atoms with Crippen LogP contribution in [0.3, 0.4) is 0 Å². The number of thioether (sulfide) groups is 1. The lowest BCUT2D eigenvalue weighted by atomic mass is 10.2. The van der Waals surface area contributed by atoms with Crippen LogP contribution in [0, 0.1) is 5.82 Å². The lowest BCUT2D eigenvalue weighted by Crippen LogP contribution is -2.44. The Hall–Kier alpha value is -3.69. The van der Waals surface area contributed by atoms with Gasteiger partial charge in [-0.2, -0.15) is 0 Å². The summed E-state index contributed by atoms with van der Waals surface area (Å²) in [6.07, 6.45) is -0.0356. The number of nitrogens with zero attached hydrogens (tertiary/aromatic N) is 2. The van der Waals surface area contributed by atoms with Crippen LogP contribution in [0.4, 0.5) is 15.8 Å². The molecule has 3 aromatic carbocycles. The van der Waals surface area contributed by atoms with E-state index < -0.39 is 11.2 Å². The maximum Gasteiger partial charge on any atom is 0.338 e. The molecule has 190 valence electrons. The van der Waals surface area contributed by atoms with E-state index in [0.717, 1.165) is 11.8 Å². The van der Waals surface area contributed by atoms with Crippen LogP contribution in [0.2, 0.25) is 5.02 Å². The van der Waals surface area contributed by atoms with Crippen molar-refractivity contribution >= 4 is 57.7 Å². The minimum Gasteiger partial charge on any atom is -0.462 e. The highest BCUT2D eigenvalue weighted by Crippen LogP contribution is 2.31. The number of halogens is 2. The van der Waals surface area contributed by atoms with Crippen molar-refractivity contribution in [3.63, 3.8) is 0 Å². The molecule has 4 rings (SSSR count). The molecule has 2 amide bonds. The molecule has 7 nitrogen and oxygen atoms in total. The molecule has 0 aliphatic carbocycles. The van der Waals surface area contributed by atoms with Gasteiger partial charge >= 0.3 is 5.97 Å². The van der Waals surface area contributed by atoms with E-state index >= 15 is 0 Å². The summed E-state index contributed by atoms with van der Waals surface area (Å²) in [7, 11) is 0. The Balaban J connectivity index is 1.59. The van der Waals surface area contributed by atoms with E-state index in [1.807, 2.05) is 0 Å². The number of carbonyl (C=O) groups excluding carboxylic acids is 3. The molecule has 1 saturated heterocycles. The predicted octanol–water partition coefficient (Wildman–Crippen LogP) is 5.82. The van der Waals surface area contributed by atoms with Crippen molar-refractivity contribution < 1.29 is 23.5 Å². The molecule has 0 spiro atoms. The number of esters is 1. The Morgan fingerprint density at radius 2 is 1.76 bits per heavy atom. The standard InChI is InChI=1S/C27H23ClFN3O4S/c1-2-36-26(35)18-5-11-22(12-6-18)31-27-32(16-17-3-9-20(29)10-4-17)24(33)15-23(37-27)25(34)30-21-13-7-19(28)8-14-21/h3-14,23H,2,15-16H2,1H3,(H,30,34). The quantitative estimate of drug-likeness (QED) is 0.382. The summed E-state index contributed by atoms with van der Waals surface area (Å²) in [4.78, 5) is 44.2. The lowest BCUT2D eigenvalue weighted by molar-refractivity contribution is -0.129. The highest BCUT2D eigenvalue weighted by molar-refractivity contribution is 8.15. The third-order valence-electron chi connectivity index (χ3n) is 5.40. The first kappa shape index (κ1) is 26.4. The minimum atomic E-state index is -0.717. The molecular formula is C27H23ClFN3O4S. The minimum absolute atomic E-state index is 0.0356. The summed E-state index contributed by atoms with van der Waals surface area (Å²) in [5.41, 5.74) is 2.14. The van der Waals surface area contributed by atoms with E-state index in [4.69, 9.17) is 16.3 Å². The highest BCUT2D eigenvalue weighted by atomic mass is 35.5. The van der Waals surface area contributed by atoms with Crippen LogP contribution in [-0.4, -0.2) is 39.7 Å². The van der Waals surface area contributed by atoms with Gasteiger partial charge in [-0.25, -0.2) is 14.2 Å². The van der Waals surface area contributed by atoms with Gasteiger partial charge in [-0.05, 0) is 73.2 Å². The van der Waals surface area contributed by atoms with Gasteiger partial charge in [0.15, 0.2) is 5.17 Å². The topological polar surface area (TPSA) is 88.1 Å². The number of rotatable bonds is 7. The molecule has 10 heteroatoms. The number of anilines is 1. The second kappa shape index (κ2) is 12.0. The monoisotopic (exact) mass is 539 g/mol. The lowest BCUT2D eigenvalue weighted by Gasteiger charge is -2.32. The SMILES string of the molecule is CCOC(=O)c1ccc(N=C2SC(C(=O)Nc3ccc(Cl)cc3)CC(=O)N2Cc2ccc(F)cc2)cc1. The molecule has 1 aliphatic heterocycles. The number of hydrogen-bond acceptors (Lipinski definition) is 6. The molecule has 0 bridgehead atoms.